The van der Waals surface area contributed by atoms with Crippen LogP contribution >= 0.6 is 0 Å². The highest BCUT2D eigenvalue weighted by atomic mass is 16.7. The summed E-state index contributed by atoms with van der Waals surface area (Å²) in [4.78, 5) is 12.6. The van der Waals surface area contributed by atoms with Gasteiger partial charge in [-0.3, -0.25) is 4.90 Å². The molecule has 0 fully saturated rings. The van der Waals surface area contributed by atoms with Crippen molar-refractivity contribution in [2.45, 2.75) is 5.72 Å². The molecule has 0 aliphatic rings. The standard InChI is InChI=1S/C10H13N5O/c1-10(2,14(3)4)16-15-9-8(12-13-15)6-5-7-11-9/h5-7H,1-2H2,3-4H3. The molecule has 0 amide bonds. The predicted octanol–water partition coefficient (Wildman–Crippen LogP) is 0.181. The van der Waals surface area contributed by atoms with E-state index in [1.54, 1.807) is 23.2 Å². The Morgan fingerprint density at radius 1 is 1.44 bits per heavy atom. The van der Waals surface area contributed by atoms with Crippen LogP contribution in [0.15, 0.2) is 18.3 Å². The first-order valence-corrected chi connectivity index (χ1v) is 4.75. The van der Waals surface area contributed by atoms with Gasteiger partial charge in [-0.05, 0) is 31.4 Å². The van der Waals surface area contributed by atoms with Crippen molar-refractivity contribution in [3.63, 3.8) is 0 Å². The van der Waals surface area contributed by atoms with E-state index in [0.717, 1.165) is 0 Å². The average Bonchev–Trinajstić information content (AvgIpc) is 2.61. The van der Waals surface area contributed by atoms with Crippen LogP contribution in [-0.4, -0.2) is 44.9 Å². The molecule has 0 aliphatic heterocycles. The lowest BCUT2D eigenvalue weighted by molar-refractivity contribution is -0.0874. The molecule has 0 aromatic carbocycles. The Kier molecular flexibility index (Phi) is 2.51. The van der Waals surface area contributed by atoms with E-state index in [4.69, 9.17) is 4.84 Å². The molecule has 2 rings (SSSR count). The van der Waals surface area contributed by atoms with Crippen LogP contribution in [0, 0.1) is 13.8 Å². The van der Waals surface area contributed by atoms with Gasteiger partial charge in [0.05, 0.1) is 0 Å². The summed E-state index contributed by atoms with van der Waals surface area (Å²) >= 11 is 0. The first-order valence-electron chi connectivity index (χ1n) is 4.75. The molecule has 0 aliphatic carbocycles. The summed E-state index contributed by atoms with van der Waals surface area (Å²) in [5.74, 6) is 0. The third-order valence-electron chi connectivity index (χ3n) is 2.25. The molecule has 0 spiro atoms. The second-order valence-corrected chi connectivity index (χ2v) is 3.74. The molecule has 0 saturated carbocycles. The molecule has 0 saturated heterocycles. The lowest BCUT2D eigenvalue weighted by Crippen LogP contribution is -2.48. The van der Waals surface area contributed by atoms with E-state index in [1.807, 2.05) is 14.1 Å². The zero-order valence-corrected chi connectivity index (χ0v) is 9.29. The molecule has 6 heteroatoms. The highest BCUT2D eigenvalue weighted by Crippen LogP contribution is 2.10. The zero-order valence-electron chi connectivity index (χ0n) is 9.29. The number of hydrogen-bond acceptors (Lipinski definition) is 5. The molecular formula is C10H13N5O. The molecule has 0 atom stereocenters. The third kappa shape index (κ3) is 1.83. The summed E-state index contributed by atoms with van der Waals surface area (Å²) in [6, 6.07) is 3.59. The topological polar surface area (TPSA) is 56.1 Å². The summed E-state index contributed by atoms with van der Waals surface area (Å²) in [5.41, 5.74) is 0.233. The number of nitrogens with zero attached hydrogens (tertiary/aromatic N) is 5. The Morgan fingerprint density at radius 3 is 2.88 bits per heavy atom. The van der Waals surface area contributed by atoms with Crippen LogP contribution < -0.4 is 4.84 Å². The second kappa shape index (κ2) is 3.71. The number of rotatable bonds is 3. The molecule has 2 heterocycles. The number of fused-ring (bicyclic) bond motifs is 1. The van der Waals surface area contributed by atoms with Crippen molar-refractivity contribution >= 4 is 11.2 Å². The molecule has 6 nitrogen and oxygen atoms in total. The van der Waals surface area contributed by atoms with E-state index in [-0.39, 0.29) is 0 Å². The minimum absolute atomic E-state index is 0.543. The Morgan fingerprint density at radius 2 is 2.19 bits per heavy atom. The zero-order chi connectivity index (χ0) is 11.8. The number of pyridine rings is 1. The molecule has 2 aromatic rings. The van der Waals surface area contributed by atoms with E-state index in [0.29, 0.717) is 11.2 Å². The van der Waals surface area contributed by atoms with Crippen LogP contribution in [0.1, 0.15) is 0 Å². The quantitative estimate of drug-likeness (QED) is 0.689. The van der Waals surface area contributed by atoms with Gasteiger partial charge in [0.2, 0.25) is 5.65 Å². The Balaban J connectivity index is 2.35. The van der Waals surface area contributed by atoms with Gasteiger partial charge < -0.3 is 4.84 Å². The van der Waals surface area contributed by atoms with Crippen molar-refractivity contribution in [2.75, 3.05) is 14.1 Å². The highest BCUT2D eigenvalue weighted by Gasteiger charge is 2.25. The van der Waals surface area contributed by atoms with Gasteiger partial charge in [0.15, 0.2) is 5.72 Å². The largest absolute Gasteiger partial charge is 0.371 e. The fraction of sp³-hybridized carbons (Fsp3) is 0.300. The SMILES string of the molecule is [CH2]C([CH2])(On1nnc2cccnc21)N(C)C. The molecule has 84 valence electrons. The Bertz CT molecular complexity index is 491. The van der Waals surface area contributed by atoms with Gasteiger partial charge in [-0.25, -0.2) is 4.98 Å². The Hall–Kier alpha value is -1.69. The molecule has 0 unspecified atom stereocenters. The van der Waals surface area contributed by atoms with E-state index in [9.17, 15) is 0 Å². The summed E-state index contributed by atoms with van der Waals surface area (Å²) in [6.45, 7) is 7.65. The summed E-state index contributed by atoms with van der Waals surface area (Å²) < 4.78 is 0. The van der Waals surface area contributed by atoms with E-state index in [2.05, 4.69) is 29.1 Å². The predicted molar refractivity (Wildman–Crippen MR) is 59.0 cm³/mol. The maximum absolute atomic E-state index is 5.50. The molecule has 2 aromatic heterocycles. The summed E-state index contributed by atoms with van der Waals surface area (Å²) in [7, 11) is 3.62. The number of aromatic nitrogens is 4. The van der Waals surface area contributed by atoms with Crippen molar-refractivity contribution in [1.29, 1.82) is 0 Å². The maximum atomic E-state index is 5.50. The molecule has 16 heavy (non-hydrogen) atoms. The van der Waals surface area contributed by atoms with Crippen LogP contribution in [0.4, 0.5) is 0 Å². The van der Waals surface area contributed by atoms with Crippen LogP contribution in [0.3, 0.4) is 0 Å². The van der Waals surface area contributed by atoms with Gasteiger partial charge in [-0.1, -0.05) is 4.85 Å². The van der Waals surface area contributed by atoms with Crippen molar-refractivity contribution in [3.05, 3.63) is 32.2 Å². The van der Waals surface area contributed by atoms with Crippen molar-refractivity contribution < 1.29 is 4.84 Å². The normalized spacial score (nSPS) is 12.3. The number of hydrogen-bond donors (Lipinski definition) is 0. The van der Waals surface area contributed by atoms with Gasteiger partial charge in [0, 0.05) is 20.0 Å². The van der Waals surface area contributed by atoms with Crippen LogP contribution in [0.5, 0.6) is 0 Å². The van der Waals surface area contributed by atoms with Gasteiger partial charge >= 0.3 is 0 Å². The van der Waals surface area contributed by atoms with Crippen molar-refractivity contribution in [1.82, 2.24) is 25.0 Å². The van der Waals surface area contributed by atoms with Crippen LogP contribution in [-0.2, 0) is 0 Å². The fourth-order valence-corrected chi connectivity index (χ4v) is 1.05. The monoisotopic (exact) mass is 219 g/mol. The van der Waals surface area contributed by atoms with Crippen molar-refractivity contribution in [3.8, 4) is 0 Å². The minimum Gasteiger partial charge on any atom is -0.371 e. The molecule has 2 radical (unpaired) electrons. The maximum Gasteiger partial charge on any atom is 0.219 e. The summed E-state index contributed by atoms with van der Waals surface area (Å²) in [5, 5.41) is 7.75. The summed E-state index contributed by atoms with van der Waals surface area (Å²) in [6.07, 6.45) is 1.65. The molecule has 0 N–H and O–H groups in total. The van der Waals surface area contributed by atoms with Crippen LogP contribution in [0.2, 0.25) is 0 Å². The smallest absolute Gasteiger partial charge is 0.219 e. The highest BCUT2D eigenvalue weighted by molar-refractivity contribution is 5.68. The van der Waals surface area contributed by atoms with E-state index in [1.165, 1.54) is 4.85 Å². The molecular weight excluding hydrogens is 206 g/mol. The Labute approximate surface area is 93.8 Å². The van der Waals surface area contributed by atoms with Gasteiger partial charge in [0.25, 0.3) is 0 Å². The fourth-order valence-electron chi connectivity index (χ4n) is 1.05. The van der Waals surface area contributed by atoms with Crippen molar-refractivity contribution in [2.24, 2.45) is 0 Å². The minimum atomic E-state index is -0.974. The third-order valence-corrected chi connectivity index (χ3v) is 2.25. The first kappa shape index (κ1) is 10.8. The van der Waals surface area contributed by atoms with E-state index >= 15 is 0 Å². The van der Waals surface area contributed by atoms with E-state index < -0.39 is 5.72 Å². The first-order chi connectivity index (χ1) is 7.50. The lowest BCUT2D eigenvalue weighted by Gasteiger charge is -2.30. The van der Waals surface area contributed by atoms with Crippen LogP contribution in [0.25, 0.3) is 11.2 Å². The average molecular weight is 219 g/mol. The molecule has 0 bridgehead atoms. The van der Waals surface area contributed by atoms with Gasteiger partial charge in [-0.15, -0.1) is 5.10 Å². The second-order valence-electron chi connectivity index (χ2n) is 3.74. The lowest BCUT2D eigenvalue weighted by atomic mass is 10.3. The van der Waals surface area contributed by atoms with Gasteiger partial charge in [0.1, 0.15) is 5.52 Å². The van der Waals surface area contributed by atoms with Gasteiger partial charge in [-0.2, -0.15) is 0 Å².